The number of hydrogen-bond acceptors (Lipinski definition) is 3. The van der Waals surface area contributed by atoms with Crippen LogP contribution in [0.2, 0.25) is 0 Å². The van der Waals surface area contributed by atoms with Crippen LogP contribution in [0.15, 0.2) is 66.9 Å². The van der Waals surface area contributed by atoms with Crippen molar-refractivity contribution in [3.8, 4) is 0 Å². The molecule has 1 fully saturated rings. The molecule has 1 amide bonds. The molecule has 2 aromatic carbocycles. The Morgan fingerprint density at radius 3 is 2.27 bits per heavy atom. The Hall–Kier alpha value is -2.92. The van der Waals surface area contributed by atoms with Crippen LogP contribution in [-0.2, 0) is 24.1 Å². The van der Waals surface area contributed by atoms with Crippen LogP contribution >= 0.6 is 0 Å². The maximum Gasteiger partial charge on any atom is 0.229 e. The first-order valence-electron chi connectivity index (χ1n) is 10.9. The SMILES string of the molecule is O=C(Cc1ccccc1)Nc1ccnn1C1CCN(C2Cc3ccccc3C2)CC1. The molecule has 1 saturated heterocycles. The van der Waals surface area contributed by atoms with Crippen molar-refractivity contribution in [1.29, 1.82) is 0 Å². The van der Waals surface area contributed by atoms with Crippen molar-refractivity contribution in [2.45, 2.75) is 44.2 Å². The maximum atomic E-state index is 12.5. The number of amides is 1. The first-order chi connectivity index (χ1) is 14.8. The lowest BCUT2D eigenvalue weighted by Crippen LogP contribution is -2.42. The van der Waals surface area contributed by atoms with Gasteiger partial charge >= 0.3 is 0 Å². The van der Waals surface area contributed by atoms with Gasteiger partial charge in [-0.25, -0.2) is 4.68 Å². The fourth-order valence-electron chi connectivity index (χ4n) is 4.96. The number of carbonyl (C=O) groups excluding carboxylic acids is 1. The monoisotopic (exact) mass is 400 g/mol. The van der Waals surface area contributed by atoms with E-state index in [9.17, 15) is 4.79 Å². The molecule has 1 aliphatic heterocycles. The molecule has 5 rings (SSSR count). The standard InChI is InChI=1S/C25H28N4O/c30-25(16-19-6-2-1-3-7-19)27-24-10-13-26-29(24)22-11-14-28(15-12-22)23-17-20-8-4-5-9-21(20)18-23/h1-10,13,22-23H,11-12,14-18H2,(H,27,30). The van der Waals surface area contributed by atoms with Crippen molar-refractivity contribution in [1.82, 2.24) is 14.7 Å². The third-order valence-electron chi connectivity index (χ3n) is 6.54. The molecule has 0 unspecified atom stereocenters. The van der Waals surface area contributed by atoms with E-state index in [0.717, 1.165) is 37.3 Å². The molecule has 1 aromatic heterocycles. The van der Waals surface area contributed by atoms with E-state index >= 15 is 0 Å². The zero-order valence-corrected chi connectivity index (χ0v) is 17.2. The second kappa shape index (κ2) is 8.44. The average molecular weight is 401 g/mol. The number of likely N-dealkylation sites (tertiary alicyclic amines) is 1. The summed E-state index contributed by atoms with van der Waals surface area (Å²) in [5.41, 5.74) is 4.05. The number of nitrogens with zero attached hydrogens (tertiary/aromatic N) is 3. The summed E-state index contributed by atoms with van der Waals surface area (Å²) in [6.07, 6.45) is 6.64. The molecule has 0 radical (unpaired) electrons. The molecule has 3 aromatic rings. The van der Waals surface area contributed by atoms with Gasteiger partial charge in [-0.2, -0.15) is 5.10 Å². The number of carbonyl (C=O) groups is 1. The van der Waals surface area contributed by atoms with Crippen LogP contribution in [0.5, 0.6) is 0 Å². The minimum atomic E-state index is 0.00380. The van der Waals surface area contributed by atoms with Gasteiger partial charge in [-0.15, -0.1) is 0 Å². The van der Waals surface area contributed by atoms with Gasteiger partial charge in [0.15, 0.2) is 0 Å². The minimum absolute atomic E-state index is 0.00380. The van der Waals surface area contributed by atoms with Gasteiger partial charge in [0.2, 0.25) is 5.91 Å². The molecule has 2 aliphatic rings. The fraction of sp³-hybridized carbons (Fsp3) is 0.360. The zero-order chi connectivity index (χ0) is 20.3. The van der Waals surface area contributed by atoms with Crippen LogP contribution in [0, 0.1) is 0 Å². The molecule has 2 heterocycles. The average Bonchev–Trinajstić information content (AvgIpc) is 3.41. The van der Waals surface area contributed by atoms with E-state index in [-0.39, 0.29) is 5.91 Å². The lowest BCUT2D eigenvalue weighted by Gasteiger charge is -2.36. The van der Waals surface area contributed by atoms with Crippen molar-refractivity contribution in [2.75, 3.05) is 18.4 Å². The summed E-state index contributed by atoms with van der Waals surface area (Å²) in [5, 5.41) is 7.60. The van der Waals surface area contributed by atoms with E-state index in [1.807, 2.05) is 41.1 Å². The molecule has 0 saturated carbocycles. The molecule has 5 nitrogen and oxygen atoms in total. The number of rotatable bonds is 5. The number of fused-ring (bicyclic) bond motifs is 1. The Kier molecular flexibility index (Phi) is 5.37. The summed E-state index contributed by atoms with van der Waals surface area (Å²) in [6.45, 7) is 2.17. The second-order valence-corrected chi connectivity index (χ2v) is 8.47. The first kappa shape index (κ1) is 19.1. The third kappa shape index (κ3) is 4.03. The maximum absolute atomic E-state index is 12.5. The van der Waals surface area contributed by atoms with E-state index in [0.29, 0.717) is 18.5 Å². The van der Waals surface area contributed by atoms with Gasteiger partial charge in [-0.1, -0.05) is 54.6 Å². The van der Waals surface area contributed by atoms with Crippen molar-refractivity contribution in [3.05, 3.63) is 83.6 Å². The summed E-state index contributed by atoms with van der Waals surface area (Å²) in [5.74, 6) is 0.812. The Morgan fingerprint density at radius 1 is 0.900 bits per heavy atom. The highest BCUT2D eigenvalue weighted by molar-refractivity contribution is 5.91. The summed E-state index contributed by atoms with van der Waals surface area (Å²) in [4.78, 5) is 15.1. The largest absolute Gasteiger partial charge is 0.311 e. The molecule has 1 N–H and O–H groups in total. The first-order valence-corrected chi connectivity index (χ1v) is 10.9. The molecule has 0 bridgehead atoms. The van der Waals surface area contributed by atoms with Gasteiger partial charge in [0, 0.05) is 25.2 Å². The highest BCUT2D eigenvalue weighted by Gasteiger charge is 2.31. The van der Waals surface area contributed by atoms with Gasteiger partial charge in [0.05, 0.1) is 18.7 Å². The van der Waals surface area contributed by atoms with Crippen LogP contribution in [0.3, 0.4) is 0 Å². The van der Waals surface area contributed by atoms with Crippen molar-refractivity contribution in [2.24, 2.45) is 0 Å². The van der Waals surface area contributed by atoms with Crippen LogP contribution in [-0.4, -0.2) is 39.7 Å². The van der Waals surface area contributed by atoms with Crippen LogP contribution in [0.4, 0.5) is 5.82 Å². The normalized spacial score (nSPS) is 17.7. The van der Waals surface area contributed by atoms with Crippen molar-refractivity contribution >= 4 is 11.7 Å². The Bertz CT molecular complexity index is 980. The summed E-state index contributed by atoms with van der Waals surface area (Å²) in [6, 6.07) is 21.6. The summed E-state index contributed by atoms with van der Waals surface area (Å²) in [7, 11) is 0. The quantitative estimate of drug-likeness (QED) is 0.707. The molecule has 0 spiro atoms. The molecule has 154 valence electrons. The number of benzene rings is 2. The molecule has 1 aliphatic carbocycles. The summed E-state index contributed by atoms with van der Waals surface area (Å²) < 4.78 is 2.02. The van der Waals surface area contributed by atoms with Crippen molar-refractivity contribution in [3.63, 3.8) is 0 Å². The zero-order valence-electron chi connectivity index (χ0n) is 17.2. The van der Waals surface area contributed by atoms with E-state index in [1.54, 1.807) is 6.20 Å². The molecular formula is C25H28N4O. The Labute approximate surface area is 177 Å². The number of hydrogen-bond donors (Lipinski definition) is 1. The van der Waals surface area contributed by atoms with E-state index in [2.05, 4.69) is 39.6 Å². The van der Waals surface area contributed by atoms with Gasteiger partial charge < -0.3 is 5.32 Å². The number of piperidine rings is 1. The topological polar surface area (TPSA) is 50.2 Å². The smallest absolute Gasteiger partial charge is 0.229 e. The van der Waals surface area contributed by atoms with Crippen LogP contribution < -0.4 is 5.32 Å². The van der Waals surface area contributed by atoms with Crippen LogP contribution in [0.25, 0.3) is 0 Å². The number of nitrogens with one attached hydrogen (secondary N) is 1. The van der Waals surface area contributed by atoms with Gasteiger partial charge in [0.25, 0.3) is 0 Å². The lowest BCUT2D eigenvalue weighted by molar-refractivity contribution is -0.115. The van der Waals surface area contributed by atoms with Crippen LogP contribution in [0.1, 0.15) is 35.6 Å². The van der Waals surface area contributed by atoms with E-state index in [4.69, 9.17) is 0 Å². The predicted octanol–water partition coefficient (Wildman–Crippen LogP) is 3.87. The van der Waals surface area contributed by atoms with Gasteiger partial charge in [-0.3, -0.25) is 9.69 Å². The lowest BCUT2D eigenvalue weighted by atomic mass is 10.0. The van der Waals surface area contributed by atoms with E-state index in [1.165, 1.54) is 24.0 Å². The minimum Gasteiger partial charge on any atom is -0.311 e. The van der Waals surface area contributed by atoms with E-state index < -0.39 is 0 Å². The molecule has 0 atom stereocenters. The number of aromatic nitrogens is 2. The highest BCUT2D eigenvalue weighted by atomic mass is 16.1. The predicted molar refractivity (Wildman–Crippen MR) is 118 cm³/mol. The molecule has 30 heavy (non-hydrogen) atoms. The van der Waals surface area contributed by atoms with Gasteiger partial charge in [0.1, 0.15) is 5.82 Å². The Morgan fingerprint density at radius 2 is 1.57 bits per heavy atom. The van der Waals surface area contributed by atoms with Gasteiger partial charge in [-0.05, 0) is 42.4 Å². The Balaban J connectivity index is 1.17. The molecule has 5 heteroatoms. The highest BCUT2D eigenvalue weighted by Crippen LogP contribution is 2.31. The molecular weight excluding hydrogens is 372 g/mol. The fourth-order valence-corrected chi connectivity index (χ4v) is 4.96. The summed E-state index contributed by atoms with van der Waals surface area (Å²) >= 11 is 0. The second-order valence-electron chi connectivity index (χ2n) is 8.47. The third-order valence-corrected chi connectivity index (χ3v) is 6.54. The number of anilines is 1. The van der Waals surface area contributed by atoms with Crippen molar-refractivity contribution < 1.29 is 4.79 Å².